The van der Waals surface area contributed by atoms with Crippen LogP contribution in [0, 0.1) is 0 Å². The topological polar surface area (TPSA) is 30.5 Å². The second kappa shape index (κ2) is 5.68. The molecule has 1 aromatic rings. The molecule has 1 N–H and O–H groups in total. The fraction of sp³-hybridized carbons (Fsp3) is 0.385. The van der Waals surface area contributed by atoms with E-state index in [-0.39, 0.29) is 6.10 Å². The predicted molar refractivity (Wildman–Crippen MR) is 64.6 cm³/mol. The second-order valence-corrected chi connectivity index (χ2v) is 3.75. The van der Waals surface area contributed by atoms with Crippen LogP contribution < -0.4 is 10.1 Å². The Kier molecular flexibility index (Phi) is 3.97. The largest absolute Gasteiger partial charge is 0.497 e. The number of benzene rings is 1. The summed E-state index contributed by atoms with van der Waals surface area (Å²) in [6.07, 6.45) is 4.36. The van der Waals surface area contributed by atoms with Gasteiger partial charge in [0, 0.05) is 13.1 Å². The maximum atomic E-state index is 5.57. The average molecular weight is 219 g/mol. The minimum absolute atomic E-state index is 0.191. The molecule has 1 aromatic carbocycles. The van der Waals surface area contributed by atoms with Crippen LogP contribution in [0.3, 0.4) is 0 Å². The van der Waals surface area contributed by atoms with E-state index in [4.69, 9.17) is 9.47 Å². The number of morpholine rings is 1. The predicted octanol–water partition coefficient (Wildman–Crippen LogP) is 1.70. The molecule has 3 nitrogen and oxygen atoms in total. The van der Waals surface area contributed by atoms with Crippen molar-refractivity contribution in [2.45, 2.75) is 6.10 Å². The molecule has 0 amide bonds. The molecule has 1 heterocycles. The van der Waals surface area contributed by atoms with E-state index in [0.29, 0.717) is 0 Å². The van der Waals surface area contributed by atoms with E-state index >= 15 is 0 Å². The van der Waals surface area contributed by atoms with Gasteiger partial charge in [-0.2, -0.15) is 0 Å². The molecular formula is C13H17NO2. The van der Waals surface area contributed by atoms with E-state index < -0.39 is 0 Å². The quantitative estimate of drug-likeness (QED) is 0.839. The lowest BCUT2D eigenvalue weighted by Gasteiger charge is -2.20. The molecule has 0 aromatic heterocycles. The van der Waals surface area contributed by atoms with Gasteiger partial charge < -0.3 is 14.8 Å². The van der Waals surface area contributed by atoms with Gasteiger partial charge in [0.1, 0.15) is 5.75 Å². The van der Waals surface area contributed by atoms with Crippen LogP contribution >= 0.6 is 0 Å². The maximum Gasteiger partial charge on any atom is 0.118 e. The Morgan fingerprint density at radius 2 is 2.19 bits per heavy atom. The standard InChI is InChI=1S/C13H17NO2/c1-15-12-5-2-11(3-6-12)4-7-13-10-14-8-9-16-13/h2-7,13-14H,8-10H2,1H3. The third-order valence-corrected chi connectivity index (χ3v) is 2.58. The number of nitrogens with one attached hydrogen (secondary N) is 1. The summed E-state index contributed by atoms with van der Waals surface area (Å²) in [5, 5.41) is 3.29. The number of ether oxygens (including phenoxy) is 2. The zero-order valence-corrected chi connectivity index (χ0v) is 9.48. The minimum Gasteiger partial charge on any atom is -0.497 e. The first-order valence-corrected chi connectivity index (χ1v) is 5.53. The van der Waals surface area contributed by atoms with Crippen molar-refractivity contribution < 1.29 is 9.47 Å². The lowest BCUT2D eigenvalue weighted by atomic mass is 10.1. The summed E-state index contributed by atoms with van der Waals surface area (Å²) in [7, 11) is 1.67. The van der Waals surface area contributed by atoms with Gasteiger partial charge in [0.2, 0.25) is 0 Å². The zero-order chi connectivity index (χ0) is 11.2. The SMILES string of the molecule is COc1ccc(C=CC2CNCCO2)cc1. The van der Waals surface area contributed by atoms with E-state index in [1.165, 1.54) is 0 Å². The van der Waals surface area contributed by atoms with Crippen molar-refractivity contribution in [2.24, 2.45) is 0 Å². The molecule has 0 spiro atoms. The van der Waals surface area contributed by atoms with Crippen molar-refractivity contribution in [3.63, 3.8) is 0 Å². The highest BCUT2D eigenvalue weighted by Gasteiger charge is 2.08. The molecule has 16 heavy (non-hydrogen) atoms. The van der Waals surface area contributed by atoms with Crippen molar-refractivity contribution in [1.82, 2.24) is 5.32 Å². The summed E-state index contributed by atoms with van der Waals surface area (Å²) in [5.41, 5.74) is 1.16. The zero-order valence-electron chi connectivity index (χ0n) is 9.48. The Morgan fingerprint density at radius 1 is 1.38 bits per heavy atom. The van der Waals surface area contributed by atoms with Crippen LogP contribution in [0.25, 0.3) is 6.08 Å². The van der Waals surface area contributed by atoms with Gasteiger partial charge in [-0.3, -0.25) is 0 Å². The number of hydrogen-bond donors (Lipinski definition) is 1. The molecule has 1 aliphatic rings. The first-order chi connectivity index (χ1) is 7.88. The number of hydrogen-bond acceptors (Lipinski definition) is 3. The highest BCUT2D eigenvalue weighted by atomic mass is 16.5. The number of rotatable bonds is 3. The maximum absolute atomic E-state index is 5.57. The summed E-state index contributed by atoms with van der Waals surface area (Å²) in [6, 6.07) is 7.98. The molecule has 1 saturated heterocycles. The van der Waals surface area contributed by atoms with Crippen molar-refractivity contribution in [2.75, 3.05) is 26.8 Å². The normalized spacial score (nSPS) is 21.2. The Labute approximate surface area is 96.1 Å². The van der Waals surface area contributed by atoms with Gasteiger partial charge in [0.05, 0.1) is 19.8 Å². The fourth-order valence-corrected chi connectivity index (χ4v) is 1.64. The molecule has 0 aliphatic carbocycles. The van der Waals surface area contributed by atoms with Crippen LogP contribution in [-0.4, -0.2) is 32.9 Å². The van der Waals surface area contributed by atoms with Crippen LogP contribution in [0.5, 0.6) is 5.75 Å². The van der Waals surface area contributed by atoms with Crippen molar-refractivity contribution in [1.29, 1.82) is 0 Å². The summed E-state index contributed by atoms with van der Waals surface area (Å²) < 4.78 is 10.7. The van der Waals surface area contributed by atoms with Crippen LogP contribution in [0.1, 0.15) is 5.56 Å². The smallest absolute Gasteiger partial charge is 0.118 e. The molecule has 1 aliphatic heterocycles. The van der Waals surface area contributed by atoms with Gasteiger partial charge in [0.25, 0.3) is 0 Å². The van der Waals surface area contributed by atoms with Crippen LogP contribution in [0.4, 0.5) is 0 Å². The number of methoxy groups -OCH3 is 1. The van der Waals surface area contributed by atoms with E-state index in [1.807, 2.05) is 24.3 Å². The highest BCUT2D eigenvalue weighted by molar-refractivity contribution is 5.51. The van der Waals surface area contributed by atoms with Crippen LogP contribution in [0.2, 0.25) is 0 Å². The van der Waals surface area contributed by atoms with Gasteiger partial charge >= 0.3 is 0 Å². The summed E-state index contributed by atoms with van der Waals surface area (Å²) in [6.45, 7) is 2.64. The molecule has 1 unspecified atom stereocenters. The van der Waals surface area contributed by atoms with Gasteiger partial charge in [-0.1, -0.05) is 24.3 Å². The summed E-state index contributed by atoms with van der Waals surface area (Å²) in [5.74, 6) is 0.882. The Balaban J connectivity index is 1.94. The first kappa shape index (κ1) is 11.2. The van der Waals surface area contributed by atoms with Gasteiger partial charge in [-0.05, 0) is 17.7 Å². The molecule has 3 heteroatoms. The first-order valence-electron chi connectivity index (χ1n) is 5.53. The third kappa shape index (κ3) is 3.08. The molecule has 0 radical (unpaired) electrons. The minimum atomic E-state index is 0.191. The van der Waals surface area contributed by atoms with Crippen molar-refractivity contribution >= 4 is 6.08 Å². The Bertz CT molecular complexity index is 339. The van der Waals surface area contributed by atoms with E-state index in [0.717, 1.165) is 31.0 Å². The van der Waals surface area contributed by atoms with Crippen molar-refractivity contribution in [3.8, 4) is 5.75 Å². The summed E-state index contributed by atoms with van der Waals surface area (Å²) in [4.78, 5) is 0. The monoisotopic (exact) mass is 219 g/mol. The molecule has 1 fully saturated rings. The highest BCUT2D eigenvalue weighted by Crippen LogP contribution is 2.13. The average Bonchev–Trinajstić information content (AvgIpc) is 2.38. The lowest BCUT2D eigenvalue weighted by molar-refractivity contribution is 0.0596. The van der Waals surface area contributed by atoms with Crippen LogP contribution in [0.15, 0.2) is 30.3 Å². The molecule has 0 bridgehead atoms. The summed E-state index contributed by atoms with van der Waals surface area (Å²) >= 11 is 0. The molecule has 2 rings (SSSR count). The van der Waals surface area contributed by atoms with Crippen LogP contribution in [-0.2, 0) is 4.74 Å². The molecule has 1 atom stereocenters. The van der Waals surface area contributed by atoms with E-state index in [2.05, 4.69) is 17.5 Å². The molecular weight excluding hydrogens is 202 g/mol. The molecule has 86 valence electrons. The van der Waals surface area contributed by atoms with Gasteiger partial charge in [-0.15, -0.1) is 0 Å². The fourth-order valence-electron chi connectivity index (χ4n) is 1.64. The molecule has 0 saturated carbocycles. The Hall–Kier alpha value is -1.32. The second-order valence-electron chi connectivity index (χ2n) is 3.75. The van der Waals surface area contributed by atoms with Crippen molar-refractivity contribution in [3.05, 3.63) is 35.9 Å². The van der Waals surface area contributed by atoms with Gasteiger partial charge in [-0.25, -0.2) is 0 Å². The Morgan fingerprint density at radius 3 is 2.81 bits per heavy atom. The van der Waals surface area contributed by atoms with E-state index in [1.54, 1.807) is 7.11 Å². The lowest BCUT2D eigenvalue weighted by Crippen LogP contribution is -2.37. The van der Waals surface area contributed by atoms with E-state index in [9.17, 15) is 0 Å². The third-order valence-electron chi connectivity index (χ3n) is 2.58. The van der Waals surface area contributed by atoms with Gasteiger partial charge in [0.15, 0.2) is 0 Å².